The van der Waals surface area contributed by atoms with Gasteiger partial charge in [-0.2, -0.15) is 0 Å². The van der Waals surface area contributed by atoms with E-state index in [9.17, 15) is 0 Å². The molecule has 0 atom stereocenters. The highest BCUT2D eigenvalue weighted by atomic mass is 15.2. The fraction of sp³-hybridized carbons (Fsp3) is 0.0233. The Balaban J connectivity index is 1.46. The molecule has 1 aliphatic carbocycles. The normalized spacial score (nSPS) is 12.6. The second-order valence-corrected chi connectivity index (χ2v) is 11.4. The van der Waals surface area contributed by atoms with Crippen LogP contribution in [-0.4, -0.2) is 9.97 Å². The Bertz CT molecular complexity index is 2220. The highest BCUT2D eigenvalue weighted by Gasteiger charge is 2.34. The molecule has 0 unspecified atom stereocenters. The number of benzene rings is 5. The van der Waals surface area contributed by atoms with Crippen molar-refractivity contribution in [2.45, 2.75) is 6.92 Å². The lowest BCUT2D eigenvalue weighted by Crippen LogP contribution is -2.16. The highest BCUT2D eigenvalue weighted by Crippen LogP contribution is 2.57. The molecule has 7 aromatic rings. The summed E-state index contributed by atoms with van der Waals surface area (Å²) in [4.78, 5) is 11.1. The molecule has 0 fully saturated rings. The second-order valence-electron chi connectivity index (χ2n) is 11.4. The minimum atomic E-state index is 0.858. The molecule has 2 heterocycles. The first-order chi connectivity index (χ1) is 22.8. The van der Waals surface area contributed by atoms with E-state index in [-0.39, 0.29) is 0 Å². The average molecular weight is 590 g/mol. The summed E-state index contributed by atoms with van der Waals surface area (Å²) in [5.41, 5.74) is 14.8. The maximum Gasteiger partial charge on any atom is 0.0645 e. The van der Waals surface area contributed by atoms with Gasteiger partial charge in [0.1, 0.15) is 0 Å². The summed E-state index contributed by atoms with van der Waals surface area (Å²) in [5.74, 6) is 0. The van der Waals surface area contributed by atoms with Gasteiger partial charge >= 0.3 is 0 Å². The Hall–Kier alpha value is -6.06. The molecule has 0 N–H and O–H groups in total. The van der Waals surface area contributed by atoms with E-state index in [2.05, 4.69) is 143 Å². The lowest BCUT2D eigenvalue weighted by Gasteiger charge is -2.28. The molecule has 5 aromatic carbocycles. The predicted octanol–water partition coefficient (Wildman–Crippen LogP) is 11.2. The van der Waals surface area contributed by atoms with Crippen LogP contribution in [0.1, 0.15) is 23.6 Å². The quantitative estimate of drug-likeness (QED) is 0.193. The van der Waals surface area contributed by atoms with Crippen molar-refractivity contribution in [3.8, 4) is 33.4 Å². The molecule has 0 bridgehead atoms. The van der Waals surface area contributed by atoms with Gasteiger partial charge in [0.15, 0.2) is 0 Å². The van der Waals surface area contributed by atoms with Crippen molar-refractivity contribution in [1.82, 2.24) is 9.97 Å². The third-order valence-corrected chi connectivity index (χ3v) is 8.89. The van der Waals surface area contributed by atoms with Gasteiger partial charge < -0.3 is 4.90 Å². The van der Waals surface area contributed by atoms with Crippen molar-refractivity contribution in [3.05, 3.63) is 182 Å². The van der Waals surface area contributed by atoms with Crippen molar-refractivity contribution in [1.29, 1.82) is 0 Å². The van der Waals surface area contributed by atoms with Crippen molar-refractivity contribution in [2.24, 2.45) is 0 Å². The van der Waals surface area contributed by atoms with Gasteiger partial charge in [-0.05, 0) is 92.0 Å². The lowest BCUT2D eigenvalue weighted by atomic mass is 9.83. The van der Waals surface area contributed by atoms with Gasteiger partial charge in [0.05, 0.1) is 23.8 Å². The number of rotatable bonds is 6. The van der Waals surface area contributed by atoms with E-state index in [1.54, 1.807) is 12.4 Å². The van der Waals surface area contributed by atoms with E-state index in [4.69, 9.17) is 6.58 Å². The number of nitrogens with zero attached hydrogens (tertiary/aromatic N) is 3. The predicted molar refractivity (Wildman–Crippen MR) is 193 cm³/mol. The van der Waals surface area contributed by atoms with Crippen LogP contribution in [0.5, 0.6) is 0 Å². The molecule has 2 aromatic heterocycles. The zero-order valence-corrected chi connectivity index (χ0v) is 25.6. The molecular formula is C43H31N3. The van der Waals surface area contributed by atoms with Gasteiger partial charge in [-0.25, -0.2) is 0 Å². The number of hydrogen-bond donors (Lipinski definition) is 0. The van der Waals surface area contributed by atoms with Gasteiger partial charge in [0.2, 0.25) is 0 Å². The number of pyridine rings is 2. The van der Waals surface area contributed by atoms with Gasteiger partial charge in [-0.3, -0.25) is 9.97 Å². The number of fused-ring (bicyclic) bond motifs is 4. The van der Waals surface area contributed by atoms with Crippen LogP contribution in [0.15, 0.2) is 165 Å². The fourth-order valence-electron chi connectivity index (χ4n) is 7.04. The third-order valence-electron chi connectivity index (χ3n) is 8.89. The largest absolute Gasteiger partial charge is 0.307 e. The van der Waals surface area contributed by atoms with Crippen LogP contribution in [0.3, 0.4) is 0 Å². The van der Waals surface area contributed by atoms with Crippen LogP contribution in [0.25, 0.3) is 55.4 Å². The first kappa shape index (κ1) is 27.5. The zero-order chi connectivity index (χ0) is 31.0. The molecule has 0 saturated heterocycles. The van der Waals surface area contributed by atoms with E-state index in [0.717, 1.165) is 22.6 Å². The molecule has 8 rings (SSSR count). The SMILES string of the molecule is C=C(c1cccc2c1/C(=C\C)c1c-2c(-c2ccccc2)c2ccccc2c1-c1ccccc1)N(c1cccnc1)c1cccnc1. The van der Waals surface area contributed by atoms with E-state index in [0.29, 0.717) is 0 Å². The van der Waals surface area contributed by atoms with Crippen LogP contribution in [0.4, 0.5) is 11.4 Å². The van der Waals surface area contributed by atoms with E-state index >= 15 is 0 Å². The Morgan fingerprint density at radius 1 is 0.543 bits per heavy atom. The summed E-state index contributed by atoms with van der Waals surface area (Å²) in [6, 6.07) is 45.1. The molecule has 0 radical (unpaired) electrons. The molecule has 3 nitrogen and oxygen atoms in total. The van der Waals surface area contributed by atoms with Crippen LogP contribution < -0.4 is 4.90 Å². The van der Waals surface area contributed by atoms with E-state index in [1.165, 1.54) is 60.9 Å². The maximum atomic E-state index is 4.75. The first-order valence-corrected chi connectivity index (χ1v) is 15.6. The highest BCUT2D eigenvalue weighted by molar-refractivity contribution is 6.22. The summed E-state index contributed by atoms with van der Waals surface area (Å²) in [6.07, 6.45) is 9.61. The smallest absolute Gasteiger partial charge is 0.0645 e. The zero-order valence-electron chi connectivity index (χ0n) is 25.6. The Kier molecular flexibility index (Phi) is 6.85. The van der Waals surface area contributed by atoms with Crippen LogP contribution in [0.2, 0.25) is 0 Å². The van der Waals surface area contributed by atoms with Crippen LogP contribution in [0, 0.1) is 0 Å². The fourth-order valence-corrected chi connectivity index (χ4v) is 7.04. The molecule has 0 spiro atoms. The third kappa shape index (κ3) is 4.36. The molecule has 0 saturated carbocycles. The van der Waals surface area contributed by atoms with Crippen molar-refractivity contribution < 1.29 is 0 Å². The number of allylic oxidation sites excluding steroid dienone is 1. The maximum absolute atomic E-state index is 4.75. The molecular weight excluding hydrogens is 558 g/mol. The average Bonchev–Trinajstić information content (AvgIpc) is 3.46. The van der Waals surface area contributed by atoms with Crippen LogP contribution >= 0.6 is 0 Å². The molecule has 3 heteroatoms. The minimum absolute atomic E-state index is 0.858. The summed E-state index contributed by atoms with van der Waals surface area (Å²) < 4.78 is 0. The Labute approximate surface area is 269 Å². The standard InChI is InChI=1S/C43H31N3/c1-3-34-41-35(29(2)46(32-19-13-25-44-27-32)33-20-14-26-45-28-33)23-12-24-38(41)43-40(31-17-8-5-9-18-31)37-22-11-10-21-36(37)39(42(34)43)30-15-6-4-7-16-30/h3-28H,2H2,1H3/b34-3+. The summed E-state index contributed by atoms with van der Waals surface area (Å²) in [6.45, 7) is 6.90. The van der Waals surface area contributed by atoms with Crippen molar-refractivity contribution >= 4 is 33.4 Å². The van der Waals surface area contributed by atoms with Gasteiger partial charge in [0, 0.05) is 23.7 Å². The van der Waals surface area contributed by atoms with Gasteiger partial charge in [0.25, 0.3) is 0 Å². The summed E-state index contributed by atoms with van der Waals surface area (Å²) >= 11 is 0. The first-order valence-electron chi connectivity index (χ1n) is 15.6. The topological polar surface area (TPSA) is 29.0 Å². The number of anilines is 2. The number of aromatic nitrogens is 2. The minimum Gasteiger partial charge on any atom is -0.307 e. The second kappa shape index (κ2) is 11.5. The van der Waals surface area contributed by atoms with Gasteiger partial charge in [-0.15, -0.1) is 0 Å². The van der Waals surface area contributed by atoms with Crippen molar-refractivity contribution in [2.75, 3.05) is 4.90 Å². The summed E-state index contributed by atoms with van der Waals surface area (Å²) in [5, 5.41) is 2.48. The van der Waals surface area contributed by atoms with E-state index < -0.39 is 0 Å². The Morgan fingerprint density at radius 3 is 1.61 bits per heavy atom. The number of hydrogen-bond acceptors (Lipinski definition) is 3. The monoisotopic (exact) mass is 589 g/mol. The van der Waals surface area contributed by atoms with E-state index in [1.807, 2.05) is 24.5 Å². The molecule has 0 amide bonds. The molecule has 0 aliphatic heterocycles. The molecule has 46 heavy (non-hydrogen) atoms. The lowest BCUT2D eigenvalue weighted by molar-refractivity contribution is 1.21. The van der Waals surface area contributed by atoms with Crippen molar-refractivity contribution in [3.63, 3.8) is 0 Å². The molecule has 218 valence electrons. The van der Waals surface area contributed by atoms with Gasteiger partial charge in [-0.1, -0.05) is 116 Å². The van der Waals surface area contributed by atoms with Crippen LogP contribution in [-0.2, 0) is 0 Å². The Morgan fingerprint density at radius 2 is 1.09 bits per heavy atom. The molecule has 1 aliphatic rings. The summed E-state index contributed by atoms with van der Waals surface area (Å²) in [7, 11) is 0.